The van der Waals surface area contributed by atoms with Crippen LogP contribution in [0.3, 0.4) is 0 Å². The lowest BCUT2D eigenvalue weighted by molar-refractivity contribution is -0.384. The van der Waals surface area contributed by atoms with Gasteiger partial charge in [0, 0.05) is 18.2 Å². The highest BCUT2D eigenvalue weighted by atomic mass is 16.6. The van der Waals surface area contributed by atoms with E-state index in [1.54, 1.807) is 30.3 Å². The van der Waals surface area contributed by atoms with Crippen LogP contribution in [0.2, 0.25) is 0 Å². The number of nitro groups is 1. The summed E-state index contributed by atoms with van der Waals surface area (Å²) in [5.74, 6) is 1.29. The topological polar surface area (TPSA) is 78.7 Å². The number of nitrogens with zero attached hydrogens (tertiary/aromatic N) is 1. The van der Waals surface area contributed by atoms with Crippen molar-refractivity contribution in [1.82, 2.24) is 0 Å². The van der Waals surface area contributed by atoms with Crippen LogP contribution in [0.5, 0.6) is 11.5 Å². The maximum Gasteiger partial charge on any atom is 0.269 e. The molecule has 0 saturated carbocycles. The fourth-order valence-electron chi connectivity index (χ4n) is 2.35. The number of hydrogen-bond donors (Lipinski definition) is 0. The molecule has 0 amide bonds. The van der Waals surface area contributed by atoms with Crippen LogP contribution in [-0.2, 0) is 6.61 Å². The van der Waals surface area contributed by atoms with Crippen LogP contribution in [0.1, 0.15) is 29.8 Å². The van der Waals surface area contributed by atoms with Gasteiger partial charge in [0.05, 0.1) is 10.5 Å². The first kappa shape index (κ1) is 15.7. The highest BCUT2D eigenvalue weighted by molar-refractivity contribution is 6.12. The monoisotopic (exact) mass is 325 g/mol. The summed E-state index contributed by atoms with van der Waals surface area (Å²) in [6, 6.07) is 11.2. The van der Waals surface area contributed by atoms with Crippen LogP contribution in [0, 0.1) is 10.1 Å². The van der Waals surface area contributed by atoms with E-state index >= 15 is 0 Å². The number of rotatable bonds is 4. The van der Waals surface area contributed by atoms with Crippen molar-refractivity contribution in [1.29, 1.82) is 0 Å². The molecule has 0 bridgehead atoms. The molecule has 0 radical (unpaired) electrons. The minimum absolute atomic E-state index is 0.0393. The third-order valence-electron chi connectivity index (χ3n) is 3.62. The number of carbonyl (C=O) groups excluding carboxylic acids is 1. The maximum absolute atomic E-state index is 12.1. The van der Waals surface area contributed by atoms with Crippen molar-refractivity contribution >= 4 is 11.5 Å². The normalized spacial score (nSPS) is 12.6. The number of non-ortho nitro benzene ring substituents is 1. The Labute approximate surface area is 138 Å². The number of benzene rings is 2. The highest BCUT2D eigenvalue weighted by Crippen LogP contribution is 2.35. The minimum Gasteiger partial charge on any atom is -0.489 e. The van der Waals surface area contributed by atoms with E-state index in [1.165, 1.54) is 12.1 Å². The van der Waals surface area contributed by atoms with Crippen LogP contribution >= 0.6 is 0 Å². The molecular formula is C18H15NO5. The number of allylic oxidation sites excluding steroid dienone is 2. The standard InChI is InChI=1S/C18H15NO5/c1-11(2)18-17(20)15-8-7-14(9-16(15)24-18)23-10-12-3-5-13(6-4-12)19(21)22/h3-9H,10H2,1-2H3. The Balaban J connectivity index is 1.72. The van der Waals surface area contributed by atoms with Gasteiger partial charge in [-0.05, 0) is 49.2 Å². The zero-order chi connectivity index (χ0) is 17.3. The number of ketones is 1. The molecule has 3 rings (SSSR count). The van der Waals surface area contributed by atoms with E-state index in [-0.39, 0.29) is 18.1 Å². The molecule has 122 valence electrons. The van der Waals surface area contributed by atoms with Gasteiger partial charge in [0.15, 0.2) is 5.76 Å². The van der Waals surface area contributed by atoms with Crippen molar-refractivity contribution in [2.24, 2.45) is 0 Å². The van der Waals surface area contributed by atoms with Crippen LogP contribution in [0.25, 0.3) is 0 Å². The molecule has 1 heterocycles. The molecule has 0 saturated heterocycles. The van der Waals surface area contributed by atoms with Gasteiger partial charge in [0.1, 0.15) is 18.1 Å². The van der Waals surface area contributed by atoms with Crippen LogP contribution in [-0.4, -0.2) is 10.7 Å². The van der Waals surface area contributed by atoms with E-state index in [1.807, 2.05) is 13.8 Å². The van der Waals surface area contributed by atoms with Gasteiger partial charge in [-0.15, -0.1) is 0 Å². The van der Waals surface area contributed by atoms with Crippen LogP contribution < -0.4 is 9.47 Å². The van der Waals surface area contributed by atoms with Crippen molar-refractivity contribution in [3.63, 3.8) is 0 Å². The van der Waals surface area contributed by atoms with E-state index in [4.69, 9.17) is 9.47 Å². The van der Waals surface area contributed by atoms with E-state index < -0.39 is 4.92 Å². The number of carbonyl (C=O) groups is 1. The summed E-state index contributed by atoms with van der Waals surface area (Å²) in [5, 5.41) is 10.6. The van der Waals surface area contributed by atoms with Crippen LogP contribution in [0.15, 0.2) is 53.8 Å². The summed E-state index contributed by atoms with van der Waals surface area (Å²) >= 11 is 0. The third-order valence-corrected chi connectivity index (χ3v) is 3.62. The minimum atomic E-state index is -0.444. The second-order valence-electron chi connectivity index (χ2n) is 5.63. The van der Waals surface area contributed by atoms with Crippen molar-refractivity contribution in [2.75, 3.05) is 0 Å². The van der Waals surface area contributed by atoms with Crippen molar-refractivity contribution < 1.29 is 19.2 Å². The van der Waals surface area contributed by atoms with Crippen molar-refractivity contribution in [2.45, 2.75) is 20.5 Å². The number of ether oxygens (including phenoxy) is 2. The fourth-order valence-corrected chi connectivity index (χ4v) is 2.35. The molecule has 0 spiro atoms. The van der Waals surface area contributed by atoms with Gasteiger partial charge in [-0.25, -0.2) is 0 Å². The van der Waals surface area contributed by atoms with Gasteiger partial charge in [-0.3, -0.25) is 14.9 Å². The molecule has 2 aromatic carbocycles. The van der Waals surface area contributed by atoms with Gasteiger partial charge in [-0.2, -0.15) is 0 Å². The molecule has 1 aliphatic rings. The first-order valence-corrected chi connectivity index (χ1v) is 7.36. The van der Waals surface area contributed by atoms with E-state index in [0.717, 1.165) is 11.1 Å². The largest absolute Gasteiger partial charge is 0.489 e. The summed E-state index contributed by atoms with van der Waals surface area (Å²) in [6.45, 7) is 3.91. The van der Waals surface area contributed by atoms with Crippen LogP contribution in [0.4, 0.5) is 5.69 Å². The zero-order valence-corrected chi connectivity index (χ0v) is 13.2. The average molecular weight is 325 g/mol. The third kappa shape index (κ3) is 2.99. The van der Waals surface area contributed by atoms with Crippen molar-refractivity contribution in [3.05, 3.63) is 75.0 Å². The number of Topliss-reactive ketones (excluding diaryl/α,β-unsaturated/α-hetero) is 1. The lowest BCUT2D eigenvalue weighted by Gasteiger charge is -2.07. The summed E-state index contributed by atoms with van der Waals surface area (Å²) in [4.78, 5) is 22.3. The maximum atomic E-state index is 12.1. The summed E-state index contributed by atoms with van der Waals surface area (Å²) in [5.41, 5.74) is 2.19. The van der Waals surface area contributed by atoms with Gasteiger partial charge in [0.2, 0.25) is 5.78 Å². The Morgan fingerprint density at radius 3 is 2.50 bits per heavy atom. The number of fused-ring (bicyclic) bond motifs is 1. The molecule has 0 atom stereocenters. The summed E-state index contributed by atoms with van der Waals surface area (Å²) < 4.78 is 11.3. The molecule has 0 N–H and O–H groups in total. The van der Waals surface area contributed by atoms with Gasteiger partial charge in [0.25, 0.3) is 5.69 Å². The van der Waals surface area contributed by atoms with Gasteiger partial charge in [-0.1, -0.05) is 0 Å². The Hall–Kier alpha value is -3.15. The average Bonchev–Trinajstić information content (AvgIpc) is 2.90. The molecule has 0 aliphatic carbocycles. The molecule has 6 nitrogen and oxygen atoms in total. The number of hydrogen-bond acceptors (Lipinski definition) is 5. The lowest BCUT2D eigenvalue weighted by atomic mass is 10.1. The van der Waals surface area contributed by atoms with Gasteiger partial charge >= 0.3 is 0 Å². The first-order chi connectivity index (χ1) is 11.5. The fraction of sp³-hybridized carbons (Fsp3) is 0.167. The Bertz CT molecular complexity index is 848. The SMILES string of the molecule is CC(C)=C1Oc2cc(OCc3ccc([N+](=O)[O-])cc3)ccc2C1=O. The molecule has 0 aromatic heterocycles. The molecule has 0 fully saturated rings. The lowest BCUT2D eigenvalue weighted by Crippen LogP contribution is -2.00. The molecule has 6 heteroatoms. The summed E-state index contributed by atoms with van der Waals surface area (Å²) in [6.07, 6.45) is 0. The van der Waals surface area contributed by atoms with Crippen molar-refractivity contribution in [3.8, 4) is 11.5 Å². The smallest absolute Gasteiger partial charge is 0.269 e. The number of nitro benzene ring substituents is 1. The molecule has 0 unspecified atom stereocenters. The highest BCUT2D eigenvalue weighted by Gasteiger charge is 2.28. The van der Waals surface area contributed by atoms with E-state index in [2.05, 4.69) is 0 Å². The first-order valence-electron chi connectivity index (χ1n) is 7.36. The Morgan fingerprint density at radius 2 is 1.88 bits per heavy atom. The van der Waals surface area contributed by atoms with E-state index in [9.17, 15) is 14.9 Å². The molecule has 1 aliphatic heterocycles. The van der Waals surface area contributed by atoms with E-state index in [0.29, 0.717) is 22.8 Å². The molecule has 24 heavy (non-hydrogen) atoms. The molecule has 2 aromatic rings. The second kappa shape index (κ2) is 6.16. The Morgan fingerprint density at radius 1 is 1.17 bits per heavy atom. The predicted octanol–water partition coefficient (Wildman–Crippen LogP) is 4.04. The predicted molar refractivity (Wildman–Crippen MR) is 87.2 cm³/mol. The Kier molecular flexibility index (Phi) is 4.04. The second-order valence-corrected chi connectivity index (χ2v) is 5.63. The quantitative estimate of drug-likeness (QED) is 0.481. The molecular weight excluding hydrogens is 310 g/mol. The zero-order valence-electron chi connectivity index (χ0n) is 13.2. The summed E-state index contributed by atoms with van der Waals surface area (Å²) in [7, 11) is 0. The van der Waals surface area contributed by atoms with Gasteiger partial charge < -0.3 is 9.47 Å².